The molecule has 8 N–H and O–H groups in total. The summed E-state index contributed by atoms with van der Waals surface area (Å²) < 4.78 is 63.5. The van der Waals surface area contributed by atoms with E-state index in [1.807, 2.05) is 12.1 Å². The topological polar surface area (TPSA) is 176 Å². The molecule has 1 aromatic carbocycles. The summed E-state index contributed by atoms with van der Waals surface area (Å²) in [5, 5.41) is 26.2. The number of carboxylic acids is 2. The van der Waals surface area contributed by atoms with Gasteiger partial charge in [0.1, 0.15) is 5.75 Å². The highest BCUT2D eigenvalue weighted by Crippen LogP contribution is 2.13. The van der Waals surface area contributed by atoms with Gasteiger partial charge in [-0.05, 0) is 43.5 Å². The number of nitrogens with two attached hydrogens (primary N) is 2. The maximum Gasteiger partial charge on any atom is 0.490 e. The van der Waals surface area contributed by atoms with Gasteiger partial charge in [0.15, 0.2) is 0 Å². The van der Waals surface area contributed by atoms with Gasteiger partial charge in [-0.3, -0.25) is 4.79 Å². The maximum atomic E-state index is 11.7. The van der Waals surface area contributed by atoms with Crippen LogP contribution in [0, 0.1) is 0 Å². The third-order valence-electron chi connectivity index (χ3n) is 3.44. The Morgan fingerprint density at radius 2 is 1.33 bits per heavy atom. The number of alkyl halides is 6. The maximum absolute atomic E-state index is 11.7. The largest absolute Gasteiger partial charge is 0.508 e. The molecule has 1 atom stereocenters. The zero-order chi connectivity index (χ0) is 26.2. The van der Waals surface area contributed by atoms with Gasteiger partial charge in [-0.15, -0.1) is 0 Å². The minimum atomic E-state index is -5.08. The monoisotopic (exact) mass is 493 g/mol. The molecule has 0 aliphatic carbocycles. The summed E-state index contributed by atoms with van der Waals surface area (Å²) in [6.45, 7) is 1.18. The predicted octanol–water partition coefficient (Wildman–Crippen LogP) is 1.77. The fourth-order valence-electron chi connectivity index (χ4n) is 1.76. The second kappa shape index (κ2) is 15.7. The fraction of sp³-hybridized carbons (Fsp3) is 0.500. The van der Waals surface area contributed by atoms with E-state index < -0.39 is 30.3 Å². The molecule has 1 amide bonds. The van der Waals surface area contributed by atoms with Gasteiger partial charge in [0.2, 0.25) is 5.91 Å². The van der Waals surface area contributed by atoms with E-state index in [9.17, 15) is 31.1 Å². The second-order valence-electron chi connectivity index (χ2n) is 6.20. The van der Waals surface area contributed by atoms with Crippen LogP contribution in [0.1, 0.15) is 24.8 Å². The second-order valence-corrected chi connectivity index (χ2v) is 6.20. The van der Waals surface area contributed by atoms with Crippen LogP contribution in [0.2, 0.25) is 0 Å². The van der Waals surface area contributed by atoms with Crippen LogP contribution in [0.25, 0.3) is 0 Å². The Hall–Kier alpha value is -3.07. The molecule has 0 saturated carbocycles. The lowest BCUT2D eigenvalue weighted by atomic mass is 10.1. The smallest absolute Gasteiger partial charge is 0.490 e. The molecule has 190 valence electrons. The van der Waals surface area contributed by atoms with E-state index in [1.165, 1.54) is 0 Å². The molecular formula is C18H25F6N3O6. The standard InChI is InChI=1S/C14H23N3O2.2C2HF3O2/c15-9-2-1-3-13(16)14(19)17-10-8-11-4-6-12(18)7-5-11;2*3-2(4,5)1(6)7/h4-7,13,18H,1-3,8-10,15-16H2,(H,17,19);2*(H,6,7)/t13-;;/m0../s1. The Morgan fingerprint density at radius 1 is 0.909 bits per heavy atom. The zero-order valence-electron chi connectivity index (χ0n) is 17.1. The van der Waals surface area contributed by atoms with E-state index >= 15 is 0 Å². The van der Waals surface area contributed by atoms with Crippen molar-refractivity contribution in [1.29, 1.82) is 0 Å². The molecule has 33 heavy (non-hydrogen) atoms. The Labute approximate surface area is 184 Å². The average Bonchev–Trinajstić information content (AvgIpc) is 2.69. The van der Waals surface area contributed by atoms with Crippen molar-refractivity contribution in [2.75, 3.05) is 13.1 Å². The summed E-state index contributed by atoms with van der Waals surface area (Å²) >= 11 is 0. The van der Waals surface area contributed by atoms with E-state index in [1.54, 1.807) is 12.1 Å². The van der Waals surface area contributed by atoms with Crippen molar-refractivity contribution < 1.29 is 56.0 Å². The van der Waals surface area contributed by atoms with E-state index in [0.717, 1.165) is 24.8 Å². The Kier molecular flexibility index (Phi) is 15.3. The average molecular weight is 493 g/mol. The molecule has 0 saturated heterocycles. The SMILES string of the molecule is NCCCC[C@H](N)C(=O)NCCc1ccc(O)cc1.O=C(O)C(F)(F)F.O=C(O)C(F)(F)F. The lowest BCUT2D eigenvalue weighted by Crippen LogP contribution is -2.41. The number of carbonyl (C=O) groups excluding carboxylic acids is 1. The first kappa shape index (κ1) is 32.1. The Balaban J connectivity index is 0. The van der Waals surface area contributed by atoms with Gasteiger partial charge >= 0.3 is 24.3 Å². The number of hydrogen-bond donors (Lipinski definition) is 6. The number of phenols is 1. The number of hydrogen-bond acceptors (Lipinski definition) is 6. The molecule has 0 aromatic heterocycles. The van der Waals surface area contributed by atoms with Gasteiger partial charge in [-0.2, -0.15) is 26.3 Å². The molecule has 1 rings (SSSR count). The quantitative estimate of drug-likeness (QED) is 0.235. The van der Waals surface area contributed by atoms with Crippen molar-refractivity contribution in [2.45, 2.75) is 44.1 Å². The van der Waals surface area contributed by atoms with Crippen molar-refractivity contribution >= 4 is 17.8 Å². The van der Waals surface area contributed by atoms with Crippen LogP contribution >= 0.6 is 0 Å². The summed E-state index contributed by atoms with van der Waals surface area (Å²) in [7, 11) is 0. The third kappa shape index (κ3) is 18.2. The molecule has 1 aromatic rings. The van der Waals surface area contributed by atoms with E-state index in [4.69, 9.17) is 36.4 Å². The summed E-state index contributed by atoms with van der Waals surface area (Å²) in [6, 6.07) is 6.49. The van der Waals surface area contributed by atoms with E-state index in [-0.39, 0.29) is 11.7 Å². The van der Waals surface area contributed by atoms with E-state index in [2.05, 4.69) is 5.32 Å². The number of carboxylic acid groups (broad SMARTS) is 2. The van der Waals surface area contributed by atoms with Crippen LogP contribution in [0.15, 0.2) is 24.3 Å². The minimum Gasteiger partial charge on any atom is -0.508 e. The molecule has 0 aliphatic rings. The Morgan fingerprint density at radius 3 is 1.70 bits per heavy atom. The zero-order valence-corrected chi connectivity index (χ0v) is 17.1. The van der Waals surface area contributed by atoms with Crippen molar-refractivity contribution in [2.24, 2.45) is 11.5 Å². The van der Waals surface area contributed by atoms with Crippen LogP contribution in [0.5, 0.6) is 5.75 Å². The Bertz CT molecular complexity index is 702. The first-order chi connectivity index (χ1) is 15.0. The third-order valence-corrected chi connectivity index (χ3v) is 3.44. The lowest BCUT2D eigenvalue weighted by Gasteiger charge is -2.12. The van der Waals surface area contributed by atoms with Gasteiger partial charge in [0.05, 0.1) is 6.04 Å². The predicted molar refractivity (Wildman–Crippen MR) is 103 cm³/mol. The normalized spacial score (nSPS) is 11.8. The lowest BCUT2D eigenvalue weighted by molar-refractivity contribution is -0.193. The van der Waals surface area contributed by atoms with Gasteiger partial charge < -0.3 is 32.1 Å². The summed E-state index contributed by atoms with van der Waals surface area (Å²) in [5.41, 5.74) is 12.2. The highest BCUT2D eigenvalue weighted by Gasteiger charge is 2.38. The molecule has 0 aliphatic heterocycles. The summed E-state index contributed by atoms with van der Waals surface area (Å²) in [4.78, 5) is 29.5. The van der Waals surface area contributed by atoms with Crippen LogP contribution in [0.4, 0.5) is 26.3 Å². The highest BCUT2D eigenvalue weighted by molar-refractivity contribution is 5.81. The summed E-state index contributed by atoms with van der Waals surface area (Å²) in [5.74, 6) is -5.38. The van der Waals surface area contributed by atoms with Crippen molar-refractivity contribution in [3.63, 3.8) is 0 Å². The van der Waals surface area contributed by atoms with Crippen molar-refractivity contribution in [1.82, 2.24) is 5.32 Å². The molecule has 0 heterocycles. The number of rotatable bonds is 8. The van der Waals surface area contributed by atoms with Gasteiger partial charge in [-0.1, -0.05) is 18.6 Å². The van der Waals surface area contributed by atoms with E-state index in [0.29, 0.717) is 19.5 Å². The molecule has 0 fully saturated rings. The van der Waals surface area contributed by atoms with Crippen LogP contribution in [-0.4, -0.2) is 64.6 Å². The molecule has 15 heteroatoms. The van der Waals surface area contributed by atoms with Gasteiger partial charge in [0.25, 0.3) is 0 Å². The van der Waals surface area contributed by atoms with Crippen molar-refractivity contribution in [3.05, 3.63) is 29.8 Å². The van der Waals surface area contributed by atoms with Crippen molar-refractivity contribution in [3.8, 4) is 5.75 Å². The van der Waals surface area contributed by atoms with Crippen LogP contribution in [-0.2, 0) is 20.8 Å². The van der Waals surface area contributed by atoms with Crippen LogP contribution < -0.4 is 16.8 Å². The first-order valence-electron chi connectivity index (χ1n) is 9.13. The number of halogens is 6. The number of carbonyl (C=O) groups is 3. The van der Waals surface area contributed by atoms with Gasteiger partial charge in [-0.25, -0.2) is 9.59 Å². The highest BCUT2D eigenvalue weighted by atomic mass is 19.4. The molecular weight excluding hydrogens is 468 g/mol. The molecule has 9 nitrogen and oxygen atoms in total. The number of phenolic OH excluding ortho intramolecular Hbond substituents is 1. The number of amides is 1. The number of benzene rings is 1. The number of nitrogens with one attached hydrogen (secondary N) is 1. The van der Waals surface area contributed by atoms with Crippen LogP contribution in [0.3, 0.4) is 0 Å². The first-order valence-corrected chi connectivity index (χ1v) is 9.13. The summed E-state index contributed by atoms with van der Waals surface area (Å²) in [6.07, 6.45) is -7.00. The number of aromatic hydroxyl groups is 1. The molecule has 0 unspecified atom stereocenters. The molecule has 0 bridgehead atoms. The molecule has 0 spiro atoms. The van der Waals surface area contributed by atoms with Gasteiger partial charge in [0, 0.05) is 6.54 Å². The molecule has 0 radical (unpaired) electrons. The fourth-order valence-corrected chi connectivity index (χ4v) is 1.76. The number of aliphatic carboxylic acids is 2. The number of unbranched alkanes of at least 4 members (excludes halogenated alkanes) is 1. The minimum absolute atomic E-state index is 0.115.